The van der Waals surface area contributed by atoms with Crippen molar-refractivity contribution in [2.45, 2.75) is 0 Å². The summed E-state index contributed by atoms with van der Waals surface area (Å²) in [5.74, 6) is 0.0731. The lowest BCUT2D eigenvalue weighted by atomic mass is 10.2. The Morgan fingerprint density at radius 2 is 2.36 bits per heavy atom. The van der Waals surface area contributed by atoms with Gasteiger partial charge in [-0.05, 0) is 12.1 Å². The summed E-state index contributed by atoms with van der Waals surface area (Å²) < 4.78 is 4.81. The van der Waals surface area contributed by atoms with Crippen LogP contribution in [0.25, 0.3) is 0 Å². The average Bonchev–Trinajstić information content (AvgIpc) is 2.18. The van der Waals surface area contributed by atoms with Gasteiger partial charge in [-0.15, -0.1) is 0 Å². The Balaban J connectivity index is 3.25. The largest absolute Gasteiger partial charge is 0.458 e. The standard InChI is InChI=1S/C9H6N2O3/c1-2-14-9-4-3-7(6-10)5-8(9)11(12)13/h2-5H,1H2. The van der Waals surface area contributed by atoms with Gasteiger partial charge in [0.25, 0.3) is 0 Å². The topological polar surface area (TPSA) is 76.2 Å². The van der Waals surface area contributed by atoms with Crippen LogP contribution in [0.15, 0.2) is 31.0 Å². The van der Waals surface area contributed by atoms with E-state index in [0.717, 1.165) is 12.3 Å². The molecule has 0 heterocycles. The number of nitro groups is 1. The molecule has 1 aromatic rings. The smallest absolute Gasteiger partial charge is 0.312 e. The van der Waals surface area contributed by atoms with E-state index < -0.39 is 4.92 Å². The van der Waals surface area contributed by atoms with Crippen LogP contribution in [-0.4, -0.2) is 4.92 Å². The van der Waals surface area contributed by atoms with Crippen molar-refractivity contribution in [3.8, 4) is 11.8 Å². The van der Waals surface area contributed by atoms with E-state index in [1.165, 1.54) is 12.1 Å². The van der Waals surface area contributed by atoms with Crippen LogP contribution in [-0.2, 0) is 0 Å². The lowest BCUT2D eigenvalue weighted by molar-refractivity contribution is -0.385. The van der Waals surface area contributed by atoms with Gasteiger partial charge in [-0.3, -0.25) is 10.1 Å². The second-order valence-corrected chi connectivity index (χ2v) is 2.34. The maximum Gasteiger partial charge on any atom is 0.312 e. The van der Waals surface area contributed by atoms with Crippen molar-refractivity contribution >= 4 is 5.69 Å². The van der Waals surface area contributed by atoms with Crippen molar-refractivity contribution in [3.05, 3.63) is 46.7 Å². The number of hydrogen-bond acceptors (Lipinski definition) is 4. The molecule has 0 N–H and O–H groups in total. The highest BCUT2D eigenvalue weighted by Gasteiger charge is 2.15. The molecule has 0 radical (unpaired) electrons. The molecular formula is C9H6N2O3. The minimum atomic E-state index is -0.611. The molecule has 5 heteroatoms. The maximum atomic E-state index is 10.5. The summed E-state index contributed by atoms with van der Waals surface area (Å²) in [5.41, 5.74) is -0.0305. The third-order valence-corrected chi connectivity index (χ3v) is 1.50. The number of hydrogen-bond donors (Lipinski definition) is 0. The third-order valence-electron chi connectivity index (χ3n) is 1.50. The molecule has 0 saturated carbocycles. The fourth-order valence-electron chi connectivity index (χ4n) is 0.919. The number of rotatable bonds is 3. The first kappa shape index (κ1) is 9.74. The Morgan fingerprint density at radius 1 is 1.64 bits per heavy atom. The summed E-state index contributed by atoms with van der Waals surface area (Å²) in [6.07, 6.45) is 1.09. The van der Waals surface area contributed by atoms with Gasteiger partial charge in [0.1, 0.15) is 0 Å². The molecule has 0 atom stereocenters. The molecule has 5 nitrogen and oxygen atoms in total. The molecule has 14 heavy (non-hydrogen) atoms. The Morgan fingerprint density at radius 3 is 2.86 bits per heavy atom. The summed E-state index contributed by atoms with van der Waals surface area (Å²) >= 11 is 0. The molecule has 0 fully saturated rings. The predicted molar refractivity (Wildman–Crippen MR) is 48.6 cm³/mol. The summed E-state index contributed by atoms with van der Waals surface area (Å²) in [4.78, 5) is 9.94. The Bertz CT molecular complexity index is 421. The molecule has 0 amide bonds. The van der Waals surface area contributed by atoms with Gasteiger partial charge in [0.05, 0.1) is 22.8 Å². The van der Waals surface area contributed by atoms with Gasteiger partial charge in [0.15, 0.2) is 0 Å². The monoisotopic (exact) mass is 190 g/mol. The highest BCUT2D eigenvalue weighted by atomic mass is 16.6. The van der Waals surface area contributed by atoms with Crippen LogP contribution in [0.3, 0.4) is 0 Å². The van der Waals surface area contributed by atoms with Crippen LogP contribution in [0.4, 0.5) is 5.69 Å². The van der Waals surface area contributed by atoms with Gasteiger partial charge in [0, 0.05) is 6.07 Å². The number of nitriles is 1. The molecular weight excluding hydrogens is 184 g/mol. The molecule has 0 aliphatic heterocycles. The SMILES string of the molecule is C=COc1ccc(C#N)cc1[N+](=O)[O-]. The Kier molecular flexibility index (Phi) is 2.82. The van der Waals surface area contributed by atoms with Gasteiger partial charge in [-0.2, -0.15) is 5.26 Å². The zero-order chi connectivity index (χ0) is 10.6. The first-order valence-electron chi connectivity index (χ1n) is 3.65. The molecule has 0 bridgehead atoms. The first-order valence-corrected chi connectivity index (χ1v) is 3.65. The fourth-order valence-corrected chi connectivity index (χ4v) is 0.919. The van der Waals surface area contributed by atoms with Crippen molar-refractivity contribution in [2.24, 2.45) is 0 Å². The van der Waals surface area contributed by atoms with E-state index in [1.54, 1.807) is 6.07 Å². The molecule has 0 aliphatic carbocycles. The number of benzene rings is 1. The Labute approximate surface area is 80.0 Å². The van der Waals surface area contributed by atoms with Crippen molar-refractivity contribution in [3.63, 3.8) is 0 Å². The van der Waals surface area contributed by atoms with E-state index in [4.69, 9.17) is 10.00 Å². The van der Waals surface area contributed by atoms with Crippen molar-refractivity contribution in [1.29, 1.82) is 5.26 Å². The highest BCUT2D eigenvalue weighted by molar-refractivity contribution is 5.51. The van der Waals surface area contributed by atoms with Crippen LogP contribution in [0, 0.1) is 21.4 Å². The van der Waals surface area contributed by atoms with Crippen molar-refractivity contribution < 1.29 is 9.66 Å². The average molecular weight is 190 g/mol. The third kappa shape index (κ3) is 1.87. The summed E-state index contributed by atoms with van der Waals surface area (Å²) in [7, 11) is 0. The lowest BCUT2D eigenvalue weighted by Crippen LogP contribution is -1.93. The normalized spacial score (nSPS) is 8.79. The van der Waals surface area contributed by atoms with Gasteiger partial charge < -0.3 is 4.74 Å². The van der Waals surface area contributed by atoms with E-state index in [9.17, 15) is 10.1 Å². The van der Waals surface area contributed by atoms with Crippen LogP contribution in [0.1, 0.15) is 5.56 Å². The number of ether oxygens (including phenoxy) is 1. The van der Waals surface area contributed by atoms with Crippen LogP contribution in [0.2, 0.25) is 0 Å². The zero-order valence-electron chi connectivity index (χ0n) is 7.14. The van der Waals surface area contributed by atoms with Gasteiger partial charge >= 0.3 is 5.69 Å². The molecule has 0 spiro atoms. The molecule has 0 aliphatic rings. The molecule has 0 aromatic heterocycles. The molecule has 0 unspecified atom stereocenters. The summed E-state index contributed by atoms with van der Waals surface area (Å²) in [6.45, 7) is 3.29. The highest BCUT2D eigenvalue weighted by Crippen LogP contribution is 2.27. The van der Waals surface area contributed by atoms with Gasteiger partial charge in [-0.1, -0.05) is 6.58 Å². The second-order valence-electron chi connectivity index (χ2n) is 2.34. The second kappa shape index (κ2) is 4.05. The molecule has 1 rings (SSSR count). The summed E-state index contributed by atoms with van der Waals surface area (Å²) in [6, 6.07) is 5.75. The number of nitro benzene ring substituents is 1. The van der Waals surface area contributed by atoms with E-state index in [0.29, 0.717) is 0 Å². The van der Waals surface area contributed by atoms with Crippen LogP contribution >= 0.6 is 0 Å². The quantitative estimate of drug-likeness (QED) is 0.415. The Hall–Kier alpha value is -2.35. The first-order chi connectivity index (χ1) is 6.69. The fraction of sp³-hybridized carbons (Fsp3) is 0. The molecule has 0 saturated heterocycles. The lowest BCUT2D eigenvalue weighted by Gasteiger charge is -2.00. The van der Waals surface area contributed by atoms with E-state index in [1.807, 2.05) is 0 Å². The van der Waals surface area contributed by atoms with E-state index in [-0.39, 0.29) is 17.0 Å². The van der Waals surface area contributed by atoms with E-state index in [2.05, 4.69) is 6.58 Å². The minimum Gasteiger partial charge on any atom is -0.458 e. The van der Waals surface area contributed by atoms with E-state index >= 15 is 0 Å². The maximum absolute atomic E-state index is 10.5. The van der Waals surface area contributed by atoms with Gasteiger partial charge in [0.2, 0.25) is 5.75 Å². The minimum absolute atomic E-state index is 0.0731. The van der Waals surface area contributed by atoms with Crippen molar-refractivity contribution in [1.82, 2.24) is 0 Å². The van der Waals surface area contributed by atoms with Gasteiger partial charge in [-0.25, -0.2) is 0 Å². The summed E-state index contributed by atoms with van der Waals surface area (Å²) in [5, 5.41) is 19.1. The van der Waals surface area contributed by atoms with Crippen LogP contribution < -0.4 is 4.74 Å². The molecule has 1 aromatic carbocycles. The number of nitrogens with zero attached hydrogens (tertiary/aromatic N) is 2. The molecule has 70 valence electrons. The zero-order valence-corrected chi connectivity index (χ0v) is 7.14. The van der Waals surface area contributed by atoms with Crippen molar-refractivity contribution in [2.75, 3.05) is 0 Å². The van der Waals surface area contributed by atoms with Crippen LogP contribution in [0.5, 0.6) is 5.75 Å². The predicted octanol–water partition coefficient (Wildman–Crippen LogP) is 1.99.